The summed E-state index contributed by atoms with van der Waals surface area (Å²) in [6.07, 6.45) is 3.00. The lowest BCUT2D eigenvalue weighted by Gasteiger charge is -2.32. The van der Waals surface area contributed by atoms with Gasteiger partial charge in [0.2, 0.25) is 0 Å². The van der Waals surface area contributed by atoms with Crippen LogP contribution >= 0.6 is 0 Å². The second kappa shape index (κ2) is 9.09. The van der Waals surface area contributed by atoms with Gasteiger partial charge in [0, 0.05) is 37.8 Å². The van der Waals surface area contributed by atoms with E-state index in [1.165, 1.54) is 5.56 Å². The Morgan fingerprint density at radius 3 is 2.72 bits per heavy atom. The number of amides is 1. The molecule has 4 rings (SSSR count). The number of carbonyl (C=O) groups excluding carboxylic acids is 1. The lowest BCUT2D eigenvalue weighted by Crippen LogP contribution is -2.46. The molecule has 4 N–H and O–H groups in total. The van der Waals surface area contributed by atoms with Crippen molar-refractivity contribution in [3.8, 4) is 0 Å². The Labute approximate surface area is 172 Å². The maximum atomic E-state index is 12.0. The van der Waals surface area contributed by atoms with Crippen molar-refractivity contribution in [2.45, 2.75) is 38.4 Å². The summed E-state index contributed by atoms with van der Waals surface area (Å²) in [5.41, 5.74) is 10.4. The minimum atomic E-state index is 0.00504. The molecule has 0 atom stereocenters. The van der Waals surface area contributed by atoms with Gasteiger partial charge in [-0.3, -0.25) is 9.69 Å². The number of likely N-dealkylation sites (tertiary alicyclic amines) is 1. The first-order valence-electron chi connectivity index (χ1n) is 10.4. The molecule has 1 saturated heterocycles. The smallest absolute Gasteiger partial charge is 0.251 e. The first kappa shape index (κ1) is 19.5. The average molecular weight is 392 g/mol. The van der Waals surface area contributed by atoms with Crippen molar-refractivity contribution in [3.63, 3.8) is 0 Å². The molecule has 29 heavy (non-hydrogen) atoms. The minimum absolute atomic E-state index is 0.00504. The maximum Gasteiger partial charge on any atom is 0.251 e. The lowest BCUT2D eigenvalue weighted by molar-refractivity contribution is 0.0946. The summed E-state index contributed by atoms with van der Waals surface area (Å²) >= 11 is 0. The van der Waals surface area contributed by atoms with Crippen LogP contribution in [0.15, 0.2) is 53.5 Å². The van der Waals surface area contributed by atoms with Gasteiger partial charge in [0.25, 0.3) is 5.91 Å². The normalized spacial score (nSPS) is 18.2. The molecule has 1 fully saturated rings. The van der Waals surface area contributed by atoms with Crippen LogP contribution in [-0.4, -0.2) is 42.4 Å². The van der Waals surface area contributed by atoms with Crippen LogP contribution in [0.4, 0.5) is 0 Å². The molecular weight excluding hydrogens is 362 g/mol. The molecule has 0 spiro atoms. The fourth-order valence-corrected chi connectivity index (χ4v) is 4.07. The van der Waals surface area contributed by atoms with Crippen LogP contribution in [0.25, 0.3) is 0 Å². The molecule has 0 aliphatic carbocycles. The summed E-state index contributed by atoms with van der Waals surface area (Å²) < 4.78 is 0. The van der Waals surface area contributed by atoms with E-state index >= 15 is 0 Å². The second-order valence-electron chi connectivity index (χ2n) is 7.88. The Kier molecular flexibility index (Phi) is 6.10. The average Bonchev–Trinajstić information content (AvgIpc) is 2.75. The number of benzene rings is 2. The fraction of sp³-hybridized carbons (Fsp3) is 0.391. The SMILES string of the molecule is NC(=NCc1ccc2c(c1)C(=O)NCC2)NC1CCN(Cc2ccccc2)CC1. The Hall–Kier alpha value is -2.86. The van der Waals surface area contributed by atoms with Gasteiger partial charge in [0.05, 0.1) is 6.54 Å². The van der Waals surface area contributed by atoms with E-state index in [0.717, 1.165) is 55.6 Å². The summed E-state index contributed by atoms with van der Waals surface area (Å²) in [5.74, 6) is 0.485. The Balaban J connectivity index is 1.26. The van der Waals surface area contributed by atoms with Crippen molar-refractivity contribution in [3.05, 3.63) is 70.8 Å². The predicted molar refractivity (Wildman–Crippen MR) is 116 cm³/mol. The Morgan fingerprint density at radius 2 is 1.93 bits per heavy atom. The number of fused-ring (bicyclic) bond motifs is 1. The highest BCUT2D eigenvalue weighted by molar-refractivity contribution is 5.96. The van der Waals surface area contributed by atoms with Crippen LogP contribution in [0.1, 0.15) is 39.9 Å². The van der Waals surface area contributed by atoms with E-state index in [1.54, 1.807) is 0 Å². The number of rotatable bonds is 5. The van der Waals surface area contributed by atoms with Crippen LogP contribution in [0, 0.1) is 0 Å². The van der Waals surface area contributed by atoms with Crippen molar-refractivity contribution in [1.82, 2.24) is 15.5 Å². The van der Waals surface area contributed by atoms with Crippen molar-refractivity contribution < 1.29 is 4.79 Å². The van der Waals surface area contributed by atoms with Crippen LogP contribution in [0.2, 0.25) is 0 Å². The molecule has 1 amide bonds. The van der Waals surface area contributed by atoms with Gasteiger partial charge in [-0.1, -0.05) is 42.5 Å². The molecule has 2 heterocycles. The molecule has 2 aliphatic heterocycles. The highest BCUT2D eigenvalue weighted by Crippen LogP contribution is 2.17. The predicted octanol–water partition coefficient (Wildman–Crippen LogP) is 2.04. The monoisotopic (exact) mass is 391 g/mol. The third-order valence-corrected chi connectivity index (χ3v) is 5.72. The summed E-state index contributed by atoms with van der Waals surface area (Å²) in [6.45, 7) is 4.30. The zero-order valence-electron chi connectivity index (χ0n) is 16.7. The number of piperidine rings is 1. The first-order valence-corrected chi connectivity index (χ1v) is 10.4. The van der Waals surface area contributed by atoms with E-state index < -0.39 is 0 Å². The van der Waals surface area contributed by atoms with E-state index in [0.29, 0.717) is 25.1 Å². The zero-order valence-corrected chi connectivity index (χ0v) is 16.7. The summed E-state index contributed by atoms with van der Waals surface area (Å²) in [5, 5.41) is 6.25. The van der Waals surface area contributed by atoms with E-state index in [-0.39, 0.29) is 5.91 Å². The number of carbonyl (C=O) groups is 1. The third-order valence-electron chi connectivity index (χ3n) is 5.72. The first-order chi connectivity index (χ1) is 14.2. The molecule has 6 nitrogen and oxygen atoms in total. The van der Waals surface area contributed by atoms with Crippen LogP contribution in [0.5, 0.6) is 0 Å². The van der Waals surface area contributed by atoms with Crippen LogP contribution < -0.4 is 16.4 Å². The molecule has 6 heteroatoms. The van der Waals surface area contributed by atoms with Gasteiger partial charge in [-0.2, -0.15) is 0 Å². The van der Waals surface area contributed by atoms with Crippen molar-refractivity contribution in [2.24, 2.45) is 10.7 Å². The number of nitrogens with one attached hydrogen (secondary N) is 2. The number of hydrogen-bond acceptors (Lipinski definition) is 3. The fourth-order valence-electron chi connectivity index (χ4n) is 4.07. The largest absolute Gasteiger partial charge is 0.370 e. The molecule has 0 radical (unpaired) electrons. The lowest BCUT2D eigenvalue weighted by atomic mass is 9.98. The van der Waals surface area contributed by atoms with Crippen molar-refractivity contribution >= 4 is 11.9 Å². The molecule has 0 unspecified atom stereocenters. The van der Waals surface area contributed by atoms with Crippen molar-refractivity contribution in [2.75, 3.05) is 19.6 Å². The van der Waals surface area contributed by atoms with Gasteiger partial charge < -0.3 is 16.4 Å². The molecule has 0 aromatic heterocycles. The van der Waals surface area contributed by atoms with E-state index in [4.69, 9.17) is 5.73 Å². The van der Waals surface area contributed by atoms with E-state index in [9.17, 15) is 4.79 Å². The van der Waals surface area contributed by atoms with E-state index in [2.05, 4.69) is 50.9 Å². The molecule has 0 saturated carbocycles. The van der Waals surface area contributed by atoms with E-state index in [1.807, 2.05) is 18.2 Å². The quantitative estimate of drug-likeness (QED) is 0.538. The second-order valence-corrected chi connectivity index (χ2v) is 7.88. The van der Waals surface area contributed by atoms with Crippen LogP contribution in [-0.2, 0) is 19.5 Å². The standard InChI is InChI=1S/C23H29N5O/c24-23(26-15-18-6-7-19-8-11-25-22(29)21(19)14-18)27-20-9-12-28(13-10-20)16-17-4-2-1-3-5-17/h1-7,14,20H,8-13,15-16H2,(H,25,29)(H3,24,26,27). The van der Waals surface area contributed by atoms with Gasteiger partial charge in [-0.25, -0.2) is 4.99 Å². The summed E-state index contributed by atoms with van der Waals surface area (Å²) in [4.78, 5) is 19.0. The Morgan fingerprint density at radius 1 is 1.14 bits per heavy atom. The van der Waals surface area contributed by atoms with Gasteiger partial charge >= 0.3 is 0 Å². The number of nitrogens with two attached hydrogens (primary N) is 1. The van der Waals surface area contributed by atoms with Gasteiger partial charge in [-0.15, -0.1) is 0 Å². The molecule has 152 valence electrons. The van der Waals surface area contributed by atoms with Gasteiger partial charge in [0.1, 0.15) is 0 Å². The molecule has 2 aromatic carbocycles. The molecule has 0 bridgehead atoms. The minimum Gasteiger partial charge on any atom is -0.370 e. The third kappa shape index (κ3) is 5.15. The molecular formula is C23H29N5O. The number of nitrogens with zero attached hydrogens (tertiary/aromatic N) is 2. The summed E-state index contributed by atoms with van der Waals surface area (Å²) in [6, 6.07) is 17.0. The highest BCUT2D eigenvalue weighted by atomic mass is 16.1. The van der Waals surface area contributed by atoms with Gasteiger partial charge in [-0.05, 0) is 42.0 Å². The maximum absolute atomic E-state index is 12.0. The topological polar surface area (TPSA) is 82.7 Å². The van der Waals surface area contributed by atoms with Crippen molar-refractivity contribution in [1.29, 1.82) is 0 Å². The number of hydrogen-bond donors (Lipinski definition) is 3. The molecule has 2 aromatic rings. The highest BCUT2D eigenvalue weighted by Gasteiger charge is 2.20. The number of aliphatic imine (C=N–C) groups is 1. The van der Waals surface area contributed by atoms with Crippen LogP contribution in [0.3, 0.4) is 0 Å². The number of guanidine groups is 1. The Bertz CT molecular complexity index is 872. The zero-order chi connectivity index (χ0) is 20.1. The van der Waals surface area contributed by atoms with Gasteiger partial charge in [0.15, 0.2) is 5.96 Å². The summed E-state index contributed by atoms with van der Waals surface area (Å²) in [7, 11) is 0. The molecule has 2 aliphatic rings.